The van der Waals surface area contributed by atoms with Crippen molar-refractivity contribution >= 4 is 21.8 Å². The van der Waals surface area contributed by atoms with Crippen LogP contribution >= 0.6 is 15.9 Å². The van der Waals surface area contributed by atoms with Gasteiger partial charge in [-0.3, -0.25) is 4.79 Å². The maximum Gasteiger partial charge on any atom is 0.251 e. The number of nitrogens with one attached hydrogen (secondary N) is 1. The Morgan fingerprint density at radius 1 is 0.938 bits per heavy atom. The normalized spacial score (nSPS) is 11.8. The number of amides is 1. The van der Waals surface area contributed by atoms with E-state index < -0.39 is 0 Å². The van der Waals surface area contributed by atoms with Gasteiger partial charge in [-0.1, -0.05) is 41.9 Å². The highest BCUT2D eigenvalue weighted by atomic mass is 79.9. The molecule has 2 aromatic rings. The molecule has 0 radical (unpaired) electrons. The molecule has 0 aliphatic carbocycles. The minimum atomic E-state index is -0.244. The third-order valence-electron chi connectivity index (χ3n) is 5.77. The second-order valence-electron chi connectivity index (χ2n) is 9.42. The second-order valence-corrected chi connectivity index (χ2v) is 10.3. The zero-order valence-electron chi connectivity index (χ0n) is 20.4. The van der Waals surface area contributed by atoms with E-state index in [0.29, 0.717) is 12.1 Å². The number of hydrogen-bond acceptors (Lipinski definition) is 3. The molecule has 0 spiro atoms. The van der Waals surface area contributed by atoms with E-state index in [4.69, 9.17) is 9.47 Å². The molecule has 0 saturated carbocycles. The molecule has 0 aliphatic rings. The zero-order valence-corrected chi connectivity index (χ0v) is 22.0. The Morgan fingerprint density at radius 3 is 2.28 bits per heavy atom. The molecule has 2 aromatic carbocycles. The number of benzene rings is 2. The quantitative estimate of drug-likeness (QED) is 0.308. The van der Waals surface area contributed by atoms with Crippen LogP contribution in [0.1, 0.15) is 83.1 Å². The van der Waals surface area contributed by atoms with Gasteiger partial charge in [-0.15, -0.1) is 0 Å². The third-order valence-corrected chi connectivity index (χ3v) is 6.26. The van der Waals surface area contributed by atoms with Crippen molar-refractivity contribution in [2.24, 2.45) is 0 Å². The summed E-state index contributed by atoms with van der Waals surface area (Å²) in [5, 5.41) is 3.00. The van der Waals surface area contributed by atoms with Crippen LogP contribution in [0.2, 0.25) is 0 Å². The average molecular weight is 505 g/mol. The van der Waals surface area contributed by atoms with E-state index in [1.807, 2.05) is 36.4 Å². The molecule has 0 bridgehead atoms. The van der Waals surface area contributed by atoms with E-state index in [0.717, 1.165) is 48.1 Å². The Labute approximate surface area is 202 Å². The van der Waals surface area contributed by atoms with Crippen molar-refractivity contribution in [1.29, 1.82) is 0 Å². The van der Waals surface area contributed by atoms with Crippen LogP contribution in [0.4, 0.5) is 0 Å². The van der Waals surface area contributed by atoms with Gasteiger partial charge in [-0.25, -0.2) is 0 Å². The van der Waals surface area contributed by atoms with E-state index in [2.05, 4.69) is 68.9 Å². The van der Waals surface area contributed by atoms with Crippen LogP contribution in [-0.2, 0) is 6.42 Å². The lowest BCUT2D eigenvalue weighted by Gasteiger charge is -2.29. The highest BCUT2D eigenvalue weighted by Gasteiger charge is 2.21. The van der Waals surface area contributed by atoms with Crippen LogP contribution in [0.3, 0.4) is 0 Å². The maximum atomic E-state index is 12.3. The summed E-state index contributed by atoms with van der Waals surface area (Å²) in [4.78, 5) is 12.3. The Bertz CT molecular complexity index is 892. The Kier molecular flexibility index (Phi) is 9.63. The summed E-state index contributed by atoms with van der Waals surface area (Å²) >= 11 is 3.41. The summed E-state index contributed by atoms with van der Waals surface area (Å²) < 4.78 is 13.5. The molecule has 0 aliphatic heterocycles. The molecule has 1 amide bonds. The van der Waals surface area contributed by atoms with Crippen LogP contribution in [0.25, 0.3) is 0 Å². The Hall–Kier alpha value is -2.01. The van der Waals surface area contributed by atoms with Crippen molar-refractivity contribution in [2.75, 3.05) is 6.54 Å². The molecule has 0 heterocycles. The fourth-order valence-electron chi connectivity index (χ4n) is 3.04. The van der Waals surface area contributed by atoms with Crippen molar-refractivity contribution in [3.63, 3.8) is 0 Å². The van der Waals surface area contributed by atoms with Crippen LogP contribution in [0.5, 0.6) is 11.5 Å². The number of rotatable bonds is 12. The van der Waals surface area contributed by atoms with Gasteiger partial charge >= 0.3 is 0 Å². The molecule has 176 valence electrons. The topological polar surface area (TPSA) is 47.6 Å². The molecule has 4 nitrogen and oxygen atoms in total. The monoisotopic (exact) mass is 503 g/mol. The fourth-order valence-corrected chi connectivity index (χ4v) is 3.43. The van der Waals surface area contributed by atoms with Gasteiger partial charge in [0.15, 0.2) is 0 Å². The average Bonchev–Trinajstić information content (AvgIpc) is 2.74. The lowest BCUT2D eigenvalue weighted by atomic mass is 10.0. The van der Waals surface area contributed by atoms with Crippen LogP contribution in [0, 0.1) is 0 Å². The molecule has 0 saturated heterocycles. The molecule has 5 heteroatoms. The van der Waals surface area contributed by atoms with Crippen LogP contribution in [-0.4, -0.2) is 23.7 Å². The van der Waals surface area contributed by atoms with Gasteiger partial charge in [0.25, 0.3) is 5.91 Å². The van der Waals surface area contributed by atoms with E-state index in [1.54, 1.807) is 0 Å². The van der Waals surface area contributed by atoms with Gasteiger partial charge in [-0.05, 0) is 89.6 Å². The third kappa shape index (κ3) is 8.50. The predicted octanol–water partition coefficient (Wildman–Crippen LogP) is 7.34. The molecule has 32 heavy (non-hydrogen) atoms. The van der Waals surface area contributed by atoms with Gasteiger partial charge in [0.05, 0.1) is 0 Å². The van der Waals surface area contributed by atoms with E-state index >= 15 is 0 Å². The molecule has 1 N–H and O–H groups in total. The van der Waals surface area contributed by atoms with Crippen LogP contribution < -0.4 is 14.8 Å². The minimum absolute atomic E-state index is 0.0416. The van der Waals surface area contributed by atoms with E-state index in [-0.39, 0.29) is 17.1 Å². The Morgan fingerprint density at radius 2 is 1.62 bits per heavy atom. The van der Waals surface area contributed by atoms with Gasteiger partial charge in [0.2, 0.25) is 0 Å². The number of carbonyl (C=O) groups is 1. The number of carbonyl (C=O) groups excluding carboxylic acids is 1. The minimum Gasteiger partial charge on any atom is -0.488 e. The smallest absolute Gasteiger partial charge is 0.251 e. The molecule has 0 fully saturated rings. The Balaban J connectivity index is 1.97. The van der Waals surface area contributed by atoms with Crippen molar-refractivity contribution in [3.05, 3.63) is 58.1 Å². The first kappa shape index (κ1) is 26.2. The molecule has 0 unspecified atom stereocenters. The van der Waals surface area contributed by atoms with Crippen LogP contribution in [0.15, 0.2) is 46.9 Å². The lowest BCUT2D eigenvalue weighted by molar-refractivity contribution is 0.0941. The fraction of sp³-hybridized carbons (Fsp3) is 0.519. The summed E-state index contributed by atoms with van der Waals surface area (Å²) in [5.74, 6) is 1.68. The number of ether oxygens (including phenoxy) is 2. The molecular formula is C27H38BrNO3. The standard InChI is InChI=1S/C27H38BrNO3/c1-7-26(3,4)31-23-16-15-20(24(19-23)32-27(5,6)8-2)12-9-10-17-29-25(30)21-13-11-14-22(28)18-21/h11,13-16,18-19H,7-10,12,17H2,1-6H3,(H,29,30). The van der Waals surface area contributed by atoms with Crippen molar-refractivity contribution < 1.29 is 14.3 Å². The number of unbranched alkanes of at least 4 members (excludes halogenated alkanes) is 1. The summed E-state index contributed by atoms with van der Waals surface area (Å²) in [6.07, 6.45) is 4.59. The van der Waals surface area contributed by atoms with Gasteiger partial charge in [-0.2, -0.15) is 0 Å². The second kappa shape index (κ2) is 11.7. The summed E-state index contributed by atoms with van der Waals surface area (Å²) in [6, 6.07) is 13.6. The first-order valence-electron chi connectivity index (χ1n) is 11.6. The number of halogens is 1. The van der Waals surface area contributed by atoms with E-state index in [1.165, 1.54) is 5.56 Å². The lowest BCUT2D eigenvalue weighted by Crippen LogP contribution is -2.28. The summed E-state index contributed by atoms with van der Waals surface area (Å²) in [6.45, 7) is 13.3. The highest BCUT2D eigenvalue weighted by molar-refractivity contribution is 9.10. The zero-order chi connectivity index (χ0) is 23.8. The number of aryl methyl sites for hydroxylation is 1. The van der Waals surface area contributed by atoms with E-state index in [9.17, 15) is 4.79 Å². The first-order valence-corrected chi connectivity index (χ1v) is 12.4. The molecular weight excluding hydrogens is 466 g/mol. The maximum absolute atomic E-state index is 12.3. The summed E-state index contributed by atoms with van der Waals surface area (Å²) in [7, 11) is 0. The van der Waals surface area contributed by atoms with Gasteiger partial charge in [0, 0.05) is 22.6 Å². The summed E-state index contributed by atoms with van der Waals surface area (Å²) in [5.41, 5.74) is 1.38. The SMILES string of the molecule is CCC(C)(C)Oc1ccc(CCCCNC(=O)c2cccc(Br)c2)c(OC(C)(C)CC)c1. The van der Waals surface area contributed by atoms with Crippen molar-refractivity contribution in [3.8, 4) is 11.5 Å². The molecule has 0 aromatic heterocycles. The largest absolute Gasteiger partial charge is 0.488 e. The van der Waals surface area contributed by atoms with Crippen molar-refractivity contribution in [2.45, 2.75) is 84.8 Å². The predicted molar refractivity (Wildman–Crippen MR) is 136 cm³/mol. The van der Waals surface area contributed by atoms with Crippen molar-refractivity contribution in [1.82, 2.24) is 5.32 Å². The highest BCUT2D eigenvalue weighted by Crippen LogP contribution is 2.32. The van der Waals surface area contributed by atoms with Gasteiger partial charge < -0.3 is 14.8 Å². The van der Waals surface area contributed by atoms with Gasteiger partial charge in [0.1, 0.15) is 22.7 Å². The molecule has 2 rings (SSSR count). The first-order chi connectivity index (χ1) is 15.0. The number of hydrogen-bond donors (Lipinski definition) is 1. The molecule has 0 atom stereocenters.